The lowest BCUT2D eigenvalue weighted by atomic mass is 9.43. The van der Waals surface area contributed by atoms with Gasteiger partial charge in [0.15, 0.2) is 0 Å². The summed E-state index contributed by atoms with van der Waals surface area (Å²) in [5, 5.41) is 7.66. The van der Waals surface area contributed by atoms with Gasteiger partial charge in [0.1, 0.15) is 54.7 Å². The van der Waals surface area contributed by atoms with Gasteiger partial charge in [0.05, 0.1) is 0 Å². The highest BCUT2D eigenvalue weighted by atomic mass is 16.6. The summed E-state index contributed by atoms with van der Waals surface area (Å²) in [5.41, 5.74) is -1.78. The Labute approximate surface area is 411 Å². The number of alkyl carbamates (subject to hydrolysis) is 3. The number of esters is 3. The smallest absolute Gasteiger partial charge is 0.408 e. The highest BCUT2D eigenvalue weighted by molar-refractivity contribution is 5.79. The van der Waals surface area contributed by atoms with E-state index in [1.165, 1.54) is 5.56 Å². The summed E-state index contributed by atoms with van der Waals surface area (Å²) >= 11 is 0. The fourth-order valence-corrected chi connectivity index (χ4v) is 12.3. The second-order valence-corrected chi connectivity index (χ2v) is 23.8. The molecule has 0 aliphatic heterocycles. The van der Waals surface area contributed by atoms with Gasteiger partial charge in [0.2, 0.25) is 0 Å². The first-order valence-electron chi connectivity index (χ1n) is 25.3. The van der Waals surface area contributed by atoms with Crippen LogP contribution in [0.2, 0.25) is 0 Å². The number of carbonyl (C=O) groups is 6. The van der Waals surface area contributed by atoms with E-state index in [1.54, 1.807) is 62.3 Å². The highest BCUT2D eigenvalue weighted by Crippen LogP contribution is 2.69. The third-order valence-corrected chi connectivity index (χ3v) is 15.1. The Balaban J connectivity index is 1.42. The Morgan fingerprint density at radius 1 is 0.681 bits per heavy atom. The van der Waals surface area contributed by atoms with Crippen LogP contribution in [0.4, 0.5) is 14.4 Å². The van der Waals surface area contributed by atoms with Gasteiger partial charge < -0.3 is 49.3 Å². The summed E-state index contributed by atoms with van der Waals surface area (Å²) in [6, 6.07) is 10.4. The molecule has 16 nitrogen and oxygen atoms in total. The van der Waals surface area contributed by atoms with Crippen molar-refractivity contribution in [1.82, 2.24) is 20.9 Å². The van der Waals surface area contributed by atoms with Crippen LogP contribution in [0.5, 0.6) is 0 Å². The van der Waals surface area contributed by atoms with Gasteiger partial charge in [0, 0.05) is 17.9 Å². The molecule has 16 heteroatoms. The van der Waals surface area contributed by atoms with Crippen molar-refractivity contribution in [2.45, 2.75) is 183 Å². The van der Waals surface area contributed by atoms with Gasteiger partial charge in [-0.2, -0.15) is 0 Å². The molecular weight excluding hydrogens is 885 g/mol. The Bertz CT molecular complexity index is 1940. The zero-order valence-corrected chi connectivity index (χ0v) is 43.8. The van der Waals surface area contributed by atoms with E-state index in [-0.39, 0.29) is 60.6 Å². The van der Waals surface area contributed by atoms with Crippen LogP contribution in [0.1, 0.15) is 146 Å². The summed E-state index contributed by atoms with van der Waals surface area (Å²) in [6.07, 6.45) is 2.92. The van der Waals surface area contributed by atoms with Gasteiger partial charge in [-0.25, -0.2) is 14.4 Å². The molecule has 0 radical (unpaired) electrons. The number of amides is 3. The number of carbonyl (C=O) groups excluding carboxylic acids is 6. The molecule has 0 spiro atoms. The van der Waals surface area contributed by atoms with Crippen LogP contribution in [-0.4, -0.2) is 109 Å². The number of nitrogens with one attached hydrogen (secondary N) is 3. The van der Waals surface area contributed by atoms with E-state index in [9.17, 15) is 28.8 Å². The van der Waals surface area contributed by atoms with Gasteiger partial charge in [-0.3, -0.25) is 14.4 Å². The molecule has 0 heterocycles. The number of nitrogens with zero attached hydrogens (tertiary/aromatic N) is 1. The number of fused-ring (bicyclic) bond motifs is 5. The summed E-state index contributed by atoms with van der Waals surface area (Å²) in [5.74, 6) is -1.45. The fourth-order valence-electron chi connectivity index (χ4n) is 12.3. The van der Waals surface area contributed by atoms with E-state index in [0.29, 0.717) is 32.1 Å². The lowest BCUT2D eigenvalue weighted by Gasteiger charge is -2.64. The lowest BCUT2D eigenvalue weighted by molar-refractivity contribution is -0.225. The maximum Gasteiger partial charge on any atom is 0.408 e. The van der Waals surface area contributed by atoms with Crippen LogP contribution < -0.4 is 16.0 Å². The zero-order valence-electron chi connectivity index (χ0n) is 43.8. The molecule has 4 aliphatic carbocycles. The Kier molecular flexibility index (Phi) is 18.2. The van der Waals surface area contributed by atoms with Gasteiger partial charge in [-0.05, 0) is 174 Å². The Hall–Kier alpha value is -4.60. The standard InChI is InChI=1S/C53H84N4O12/c1-33(18-17-25-57(13)32-34-19-15-14-16-20-34)37-21-22-38-45-39(28-41(53(37,38)12)66-44(60)31-56-48(63)69-51(8,9)10)52(11)24-23-36(64-42(58)29-54-46(61)67-49(2,3)4)26-35(52)27-40(45)65-43(59)30-55-47(62)68-50(5,6)7/h14-16,19-20,33,35-41,45H,17-18,21-32H2,1-13H3,(H,54,61)(H,55,62)(H,56,63)/t33-,35-,36+,37+,38-,39-,40+,41-,45-,52-,53+/m0/s1. The summed E-state index contributed by atoms with van der Waals surface area (Å²) in [7, 11) is 2.15. The summed E-state index contributed by atoms with van der Waals surface area (Å²) < 4.78 is 35.2. The van der Waals surface area contributed by atoms with Gasteiger partial charge in [-0.1, -0.05) is 51.1 Å². The molecule has 1 aromatic carbocycles. The van der Waals surface area contributed by atoms with Crippen molar-refractivity contribution in [2.75, 3.05) is 33.2 Å². The van der Waals surface area contributed by atoms with Crippen molar-refractivity contribution in [1.29, 1.82) is 0 Å². The molecule has 1 aromatic rings. The predicted molar refractivity (Wildman–Crippen MR) is 260 cm³/mol. The summed E-state index contributed by atoms with van der Waals surface area (Å²) in [4.78, 5) is 80.9. The second-order valence-electron chi connectivity index (χ2n) is 23.8. The van der Waals surface area contributed by atoms with E-state index in [4.69, 9.17) is 28.4 Å². The second kappa shape index (κ2) is 22.6. The average molecular weight is 969 g/mol. The van der Waals surface area contributed by atoms with Crippen LogP contribution in [-0.2, 0) is 49.3 Å². The van der Waals surface area contributed by atoms with E-state index >= 15 is 0 Å². The van der Waals surface area contributed by atoms with Crippen LogP contribution >= 0.6 is 0 Å². The normalized spacial score (nSPS) is 29.2. The predicted octanol–water partition coefficient (Wildman–Crippen LogP) is 8.72. The van der Waals surface area contributed by atoms with Gasteiger partial charge >= 0.3 is 36.2 Å². The molecule has 4 fully saturated rings. The molecule has 3 amide bonds. The van der Waals surface area contributed by atoms with Crippen LogP contribution in [0.15, 0.2) is 30.3 Å². The van der Waals surface area contributed by atoms with Crippen LogP contribution in [0.3, 0.4) is 0 Å². The monoisotopic (exact) mass is 969 g/mol. The number of hydrogen-bond acceptors (Lipinski definition) is 13. The lowest BCUT2D eigenvalue weighted by Crippen LogP contribution is -2.64. The Morgan fingerprint density at radius 2 is 1.20 bits per heavy atom. The molecule has 11 atom stereocenters. The average Bonchev–Trinajstić information content (AvgIpc) is 3.58. The van der Waals surface area contributed by atoms with Crippen LogP contribution in [0.25, 0.3) is 0 Å². The van der Waals surface area contributed by atoms with E-state index in [2.05, 4.69) is 72.9 Å². The molecule has 5 rings (SSSR count). The van der Waals surface area contributed by atoms with Gasteiger partial charge in [0.25, 0.3) is 0 Å². The molecular formula is C53H84N4O12. The topological polar surface area (TPSA) is 197 Å². The minimum atomic E-state index is -0.756. The molecule has 69 heavy (non-hydrogen) atoms. The first-order chi connectivity index (χ1) is 32.1. The maximum absolute atomic E-state index is 13.9. The number of benzene rings is 1. The molecule has 0 bridgehead atoms. The van der Waals surface area contributed by atoms with E-state index in [0.717, 1.165) is 38.8 Å². The van der Waals surface area contributed by atoms with Gasteiger partial charge in [-0.15, -0.1) is 0 Å². The number of hydrogen-bond donors (Lipinski definition) is 3. The van der Waals surface area contributed by atoms with Crippen molar-refractivity contribution < 1.29 is 57.2 Å². The fraction of sp³-hybridized carbons (Fsp3) is 0.774. The minimum absolute atomic E-state index is 0.00457. The highest BCUT2D eigenvalue weighted by Gasteiger charge is 2.68. The zero-order chi connectivity index (χ0) is 51.1. The van der Waals surface area contributed by atoms with E-state index in [1.807, 2.05) is 6.07 Å². The maximum atomic E-state index is 13.9. The summed E-state index contributed by atoms with van der Waals surface area (Å²) in [6.45, 7) is 23.3. The number of rotatable bonds is 16. The molecule has 4 aliphatic rings. The molecule has 4 saturated carbocycles. The number of ether oxygens (including phenoxy) is 6. The molecule has 0 saturated heterocycles. The molecule has 0 unspecified atom stereocenters. The molecule has 388 valence electrons. The third kappa shape index (κ3) is 15.4. The SMILES string of the molecule is C[C@@H](CCCN(C)Cc1ccccc1)[C@H]1CC[C@H]2[C@@H]3[C@H](OC(=O)CNC(=O)OC(C)(C)C)C[C@@H]4C[C@H](OC(=O)CNC(=O)OC(C)(C)C)CC[C@]4(C)[C@H]3C[C@H](OC(=O)CNC(=O)OC(C)(C)C)[C@]12C. The molecule has 0 aromatic heterocycles. The minimum Gasteiger partial charge on any atom is -0.461 e. The first-order valence-corrected chi connectivity index (χ1v) is 25.3. The largest absolute Gasteiger partial charge is 0.461 e. The van der Waals surface area contributed by atoms with Crippen molar-refractivity contribution in [3.05, 3.63) is 35.9 Å². The van der Waals surface area contributed by atoms with E-state index < -0.39 is 76.7 Å². The molecule has 3 N–H and O–H groups in total. The van der Waals surface area contributed by atoms with Crippen molar-refractivity contribution in [3.8, 4) is 0 Å². The van der Waals surface area contributed by atoms with Crippen molar-refractivity contribution >= 4 is 36.2 Å². The van der Waals surface area contributed by atoms with Crippen molar-refractivity contribution in [3.63, 3.8) is 0 Å². The van der Waals surface area contributed by atoms with Crippen LogP contribution in [0, 0.1) is 46.3 Å². The van der Waals surface area contributed by atoms with Crippen molar-refractivity contribution in [2.24, 2.45) is 46.3 Å². The third-order valence-electron chi connectivity index (χ3n) is 15.1. The Morgan fingerprint density at radius 3 is 1.74 bits per heavy atom. The first kappa shape index (κ1) is 55.3. The quantitative estimate of drug-likeness (QED) is 0.105.